The van der Waals surface area contributed by atoms with Gasteiger partial charge in [0.2, 0.25) is 11.8 Å². The molecule has 242 valence electrons. The molecule has 47 heavy (non-hydrogen) atoms. The van der Waals surface area contributed by atoms with Crippen LogP contribution in [0.15, 0.2) is 72.0 Å². The van der Waals surface area contributed by atoms with E-state index in [-0.39, 0.29) is 25.2 Å². The van der Waals surface area contributed by atoms with Gasteiger partial charge in [-0.1, -0.05) is 23.7 Å². The molecule has 1 aromatic heterocycles. The van der Waals surface area contributed by atoms with E-state index < -0.39 is 23.9 Å². The van der Waals surface area contributed by atoms with Crippen LogP contribution in [0.3, 0.4) is 0 Å². The summed E-state index contributed by atoms with van der Waals surface area (Å²) in [5, 5.41) is 13.5. The number of amides is 3. The van der Waals surface area contributed by atoms with Crippen molar-refractivity contribution in [3.05, 3.63) is 100 Å². The van der Waals surface area contributed by atoms with Crippen LogP contribution in [0.2, 0.25) is 5.02 Å². The highest BCUT2D eigenvalue weighted by Gasteiger charge is 2.22. The van der Waals surface area contributed by atoms with Gasteiger partial charge in [0.1, 0.15) is 18.0 Å². The number of hydrazone groups is 1. The average molecular weight is 660 g/mol. The summed E-state index contributed by atoms with van der Waals surface area (Å²) in [5.74, 6) is 10.4. The molecule has 4 aromatic rings. The molecule has 4 bridgehead atoms. The van der Waals surface area contributed by atoms with E-state index in [1.54, 1.807) is 60.8 Å². The maximum Gasteiger partial charge on any atom is 0.411 e. The number of ether oxygens (including phenoxy) is 1. The first-order valence-electron chi connectivity index (χ1n) is 14.3. The molecule has 0 radical (unpaired) electrons. The molecule has 5 rings (SSSR count). The number of anilines is 3. The zero-order valence-electron chi connectivity index (χ0n) is 25.1. The SMILES string of the molecule is COC(=O)Nc1ccc2c(c1)NC(=O)CCc1cc(ccc1F)C[C@H](NC(=O)/C=C/c1cc(Cl)ccc1N(N)/C=N\N)c1ncc-2[nH]1. The number of halogens is 2. The fourth-order valence-electron chi connectivity index (χ4n) is 5.05. The van der Waals surface area contributed by atoms with Gasteiger partial charge in [0.25, 0.3) is 0 Å². The highest BCUT2D eigenvalue weighted by molar-refractivity contribution is 6.30. The normalized spacial score (nSPS) is 14.6. The van der Waals surface area contributed by atoms with Gasteiger partial charge in [-0.2, -0.15) is 5.10 Å². The third-order valence-corrected chi connectivity index (χ3v) is 7.54. The maximum absolute atomic E-state index is 14.8. The van der Waals surface area contributed by atoms with Crippen LogP contribution in [0.4, 0.5) is 26.2 Å². The number of hydrogen-bond donors (Lipinski definition) is 6. The lowest BCUT2D eigenvalue weighted by Gasteiger charge is -2.18. The molecule has 1 atom stereocenters. The highest BCUT2D eigenvalue weighted by atomic mass is 35.5. The molecule has 8 N–H and O–H groups in total. The van der Waals surface area contributed by atoms with Crippen molar-refractivity contribution in [3.8, 4) is 11.3 Å². The number of hydrazine groups is 1. The molecule has 0 spiro atoms. The molecule has 1 aliphatic heterocycles. The topological polar surface area (TPSA) is 193 Å². The summed E-state index contributed by atoms with van der Waals surface area (Å²) in [6.45, 7) is 0. The van der Waals surface area contributed by atoms with Crippen molar-refractivity contribution in [2.75, 3.05) is 22.8 Å². The van der Waals surface area contributed by atoms with Crippen LogP contribution in [-0.2, 0) is 27.2 Å². The molecule has 0 saturated heterocycles. The molecular formula is C32H31ClFN9O4. The predicted molar refractivity (Wildman–Crippen MR) is 178 cm³/mol. The largest absolute Gasteiger partial charge is 0.453 e. The number of rotatable bonds is 6. The number of methoxy groups -OCH3 is 1. The van der Waals surface area contributed by atoms with Crippen molar-refractivity contribution >= 4 is 59.0 Å². The molecular weight excluding hydrogens is 629 g/mol. The molecule has 0 unspecified atom stereocenters. The second-order valence-electron chi connectivity index (χ2n) is 10.5. The summed E-state index contributed by atoms with van der Waals surface area (Å²) in [5.41, 5.74) is 3.96. The molecule has 0 aliphatic carbocycles. The summed E-state index contributed by atoms with van der Waals surface area (Å²) < 4.78 is 19.5. The van der Waals surface area contributed by atoms with Crippen molar-refractivity contribution in [3.63, 3.8) is 0 Å². The van der Waals surface area contributed by atoms with E-state index in [0.717, 1.165) is 5.56 Å². The Morgan fingerprint density at radius 2 is 2.00 bits per heavy atom. The van der Waals surface area contributed by atoms with Crippen LogP contribution in [0, 0.1) is 5.82 Å². The fourth-order valence-corrected chi connectivity index (χ4v) is 5.23. The summed E-state index contributed by atoms with van der Waals surface area (Å²) in [6.07, 6.45) is 5.37. The second kappa shape index (κ2) is 14.6. The smallest absolute Gasteiger partial charge is 0.411 e. The third-order valence-electron chi connectivity index (χ3n) is 7.30. The van der Waals surface area contributed by atoms with Gasteiger partial charge in [0.05, 0.1) is 36.4 Å². The number of carbonyl (C=O) groups excluding carboxylic acids is 3. The quantitative estimate of drug-likeness (QED) is 0.0567. The number of nitrogens with zero attached hydrogens (tertiary/aromatic N) is 3. The summed E-state index contributed by atoms with van der Waals surface area (Å²) in [4.78, 5) is 45.9. The van der Waals surface area contributed by atoms with E-state index in [9.17, 15) is 18.8 Å². The summed E-state index contributed by atoms with van der Waals surface area (Å²) in [6, 6.07) is 13.8. The van der Waals surface area contributed by atoms with E-state index >= 15 is 0 Å². The van der Waals surface area contributed by atoms with Crippen molar-refractivity contribution in [1.29, 1.82) is 0 Å². The van der Waals surface area contributed by atoms with Crippen molar-refractivity contribution in [2.24, 2.45) is 16.8 Å². The van der Waals surface area contributed by atoms with E-state index in [1.807, 2.05) is 0 Å². The predicted octanol–water partition coefficient (Wildman–Crippen LogP) is 4.63. The number of aromatic nitrogens is 2. The summed E-state index contributed by atoms with van der Waals surface area (Å²) >= 11 is 6.19. The maximum atomic E-state index is 14.8. The number of H-pyrrole nitrogens is 1. The Morgan fingerprint density at radius 1 is 1.17 bits per heavy atom. The lowest BCUT2D eigenvalue weighted by Crippen LogP contribution is -2.30. The van der Waals surface area contributed by atoms with Crippen LogP contribution in [0.5, 0.6) is 0 Å². The van der Waals surface area contributed by atoms with E-state index in [4.69, 9.17) is 23.3 Å². The van der Waals surface area contributed by atoms with Crippen LogP contribution in [0.1, 0.15) is 35.0 Å². The number of fused-ring (bicyclic) bond motifs is 6. The minimum absolute atomic E-state index is 0.00346. The Morgan fingerprint density at radius 3 is 2.79 bits per heavy atom. The lowest BCUT2D eigenvalue weighted by molar-refractivity contribution is -0.117. The van der Waals surface area contributed by atoms with E-state index in [0.29, 0.717) is 50.3 Å². The Balaban J connectivity index is 1.50. The monoisotopic (exact) mass is 659 g/mol. The number of nitrogens with one attached hydrogen (secondary N) is 4. The Hall–Kier alpha value is -5.73. The number of aromatic amines is 1. The molecule has 0 fully saturated rings. The Labute approximate surface area is 273 Å². The van der Waals surface area contributed by atoms with Gasteiger partial charge < -0.3 is 26.2 Å². The van der Waals surface area contributed by atoms with Crippen LogP contribution in [-0.4, -0.2) is 41.3 Å². The van der Waals surface area contributed by atoms with Crippen LogP contribution < -0.4 is 32.6 Å². The Bertz CT molecular complexity index is 1880. The van der Waals surface area contributed by atoms with Gasteiger partial charge in [-0.25, -0.2) is 20.0 Å². The first-order chi connectivity index (χ1) is 22.6. The number of imidazole rings is 1. The molecule has 15 heteroatoms. The number of carbonyl (C=O) groups is 3. The van der Waals surface area contributed by atoms with Gasteiger partial charge in [-0.3, -0.25) is 19.9 Å². The lowest BCUT2D eigenvalue weighted by atomic mass is 9.99. The molecule has 1 aliphatic rings. The number of nitrogens with two attached hydrogens (primary N) is 2. The third kappa shape index (κ3) is 8.11. The molecule has 3 amide bonds. The second-order valence-corrected chi connectivity index (χ2v) is 10.9. The first kappa shape index (κ1) is 32.7. The van der Waals surface area contributed by atoms with Crippen LogP contribution >= 0.6 is 11.6 Å². The Kier molecular flexibility index (Phi) is 10.1. The fraction of sp³-hybridized carbons (Fsp3) is 0.156. The zero-order valence-corrected chi connectivity index (χ0v) is 25.8. The molecule has 13 nitrogen and oxygen atoms in total. The highest BCUT2D eigenvalue weighted by Crippen LogP contribution is 2.32. The average Bonchev–Trinajstić information content (AvgIpc) is 3.53. The van der Waals surface area contributed by atoms with Gasteiger partial charge >= 0.3 is 6.09 Å². The summed E-state index contributed by atoms with van der Waals surface area (Å²) in [7, 11) is 1.24. The van der Waals surface area contributed by atoms with Crippen molar-refractivity contribution in [2.45, 2.75) is 25.3 Å². The number of aryl methyl sites for hydroxylation is 1. The molecule has 3 aromatic carbocycles. The number of benzene rings is 3. The van der Waals surface area contributed by atoms with E-state index in [2.05, 4.69) is 35.8 Å². The molecule has 0 saturated carbocycles. The van der Waals surface area contributed by atoms with Gasteiger partial charge in [-0.05, 0) is 72.5 Å². The van der Waals surface area contributed by atoms with Crippen LogP contribution in [0.25, 0.3) is 17.3 Å². The number of hydrogen-bond acceptors (Lipinski definition) is 8. The first-order valence-corrected chi connectivity index (χ1v) is 14.7. The van der Waals surface area contributed by atoms with Gasteiger partial charge in [0.15, 0.2) is 0 Å². The zero-order chi connectivity index (χ0) is 33.5. The van der Waals surface area contributed by atoms with Crippen molar-refractivity contribution < 1.29 is 23.5 Å². The van der Waals surface area contributed by atoms with Crippen molar-refractivity contribution in [1.82, 2.24) is 15.3 Å². The standard InChI is InChI=1S/C32H31ClFN9O4/c1-47-32(46)39-22-6-7-23-25(15-22)40-29(44)10-3-19-12-18(2-8-24(19)34)13-26(31-37-16-27(23)42-31)41-30(45)11-4-20-14-21(33)5-9-28(20)43(36)17-38-35/h2,4-9,11-12,14-17,26H,3,10,13,35-36H2,1H3,(H,37,42)(H,39,46)(H,40,44)(H,41,45)/b11-4+,38-17-/t26-/m0/s1. The van der Waals surface area contributed by atoms with Gasteiger partial charge in [0, 0.05) is 34.3 Å². The molecule has 2 heterocycles. The van der Waals surface area contributed by atoms with Gasteiger partial charge in [-0.15, -0.1) is 0 Å². The minimum atomic E-state index is -0.680. The minimum Gasteiger partial charge on any atom is -0.453 e. The van der Waals surface area contributed by atoms with E-state index in [1.165, 1.54) is 30.6 Å².